The zero-order chi connectivity index (χ0) is 16.8. The van der Waals surface area contributed by atoms with Crippen LogP contribution >= 0.6 is 11.8 Å². The number of amides is 1. The van der Waals surface area contributed by atoms with Gasteiger partial charge >= 0.3 is 5.69 Å². The quantitative estimate of drug-likeness (QED) is 0.756. The molecule has 2 rings (SSSR count). The monoisotopic (exact) mass is 336 g/mol. The minimum atomic E-state index is -0.386. The fraction of sp³-hybridized carbons (Fsp3) is 0.400. The molecular weight excluding hydrogens is 316 g/mol. The van der Waals surface area contributed by atoms with Crippen LogP contribution in [0.25, 0.3) is 0 Å². The van der Waals surface area contributed by atoms with E-state index in [0.29, 0.717) is 17.4 Å². The number of nitrogens with one attached hydrogen (secondary N) is 2. The van der Waals surface area contributed by atoms with Crippen LogP contribution in [-0.2, 0) is 11.3 Å². The van der Waals surface area contributed by atoms with Gasteiger partial charge in [0, 0.05) is 12.2 Å². The SMILES string of the molecule is CCCn1c(SC(C)C(=O)Nc2ccc(OC)cc2)n[nH]c1=O. The van der Waals surface area contributed by atoms with Crippen LogP contribution < -0.4 is 15.7 Å². The Morgan fingerprint density at radius 1 is 1.43 bits per heavy atom. The lowest BCUT2D eigenvalue weighted by Gasteiger charge is -2.12. The molecule has 0 aliphatic carbocycles. The number of methoxy groups -OCH3 is 1. The first-order valence-corrected chi connectivity index (χ1v) is 8.20. The Balaban J connectivity index is 2.00. The largest absolute Gasteiger partial charge is 0.497 e. The van der Waals surface area contributed by atoms with Crippen molar-refractivity contribution in [1.82, 2.24) is 14.8 Å². The molecule has 0 saturated heterocycles. The predicted molar refractivity (Wildman–Crippen MR) is 90.1 cm³/mol. The van der Waals surface area contributed by atoms with Crippen LogP contribution in [0.3, 0.4) is 0 Å². The maximum Gasteiger partial charge on any atom is 0.343 e. The topological polar surface area (TPSA) is 89.0 Å². The number of rotatable bonds is 7. The standard InChI is InChI=1S/C15H20N4O3S/c1-4-9-19-14(21)17-18-15(19)23-10(2)13(20)16-11-5-7-12(22-3)8-6-11/h5-8,10H,4,9H2,1-3H3,(H,16,20)(H,17,21). The number of carbonyl (C=O) groups excluding carboxylic acids is 1. The van der Waals surface area contributed by atoms with Crippen LogP contribution in [0, 0.1) is 0 Å². The molecule has 23 heavy (non-hydrogen) atoms. The normalized spacial score (nSPS) is 12.0. The molecule has 7 nitrogen and oxygen atoms in total. The summed E-state index contributed by atoms with van der Waals surface area (Å²) in [5.74, 6) is 0.573. The van der Waals surface area contributed by atoms with E-state index >= 15 is 0 Å². The summed E-state index contributed by atoms with van der Waals surface area (Å²) in [5.41, 5.74) is 0.438. The second-order valence-electron chi connectivity index (χ2n) is 4.94. The molecule has 0 spiro atoms. The van der Waals surface area contributed by atoms with E-state index in [0.717, 1.165) is 12.2 Å². The van der Waals surface area contributed by atoms with Gasteiger partial charge in [0.15, 0.2) is 5.16 Å². The summed E-state index contributed by atoms with van der Waals surface area (Å²) < 4.78 is 6.62. The van der Waals surface area contributed by atoms with Crippen molar-refractivity contribution >= 4 is 23.4 Å². The molecule has 1 aromatic heterocycles. The molecule has 1 unspecified atom stereocenters. The predicted octanol–water partition coefficient (Wildman–Crippen LogP) is 2.11. The smallest absolute Gasteiger partial charge is 0.343 e. The van der Waals surface area contributed by atoms with Crippen LogP contribution in [-0.4, -0.2) is 33.0 Å². The molecular formula is C15H20N4O3S. The number of hydrogen-bond donors (Lipinski definition) is 2. The van der Waals surface area contributed by atoms with E-state index in [1.807, 2.05) is 6.92 Å². The minimum absolute atomic E-state index is 0.154. The summed E-state index contributed by atoms with van der Waals surface area (Å²) in [7, 11) is 1.59. The molecule has 8 heteroatoms. The van der Waals surface area contributed by atoms with Crippen molar-refractivity contribution in [3.05, 3.63) is 34.7 Å². The van der Waals surface area contributed by atoms with Crippen molar-refractivity contribution in [2.24, 2.45) is 0 Å². The van der Waals surface area contributed by atoms with Gasteiger partial charge in [-0.1, -0.05) is 18.7 Å². The van der Waals surface area contributed by atoms with Crippen LogP contribution in [0.15, 0.2) is 34.2 Å². The number of thioether (sulfide) groups is 1. The zero-order valence-electron chi connectivity index (χ0n) is 13.3. The number of aromatic nitrogens is 3. The molecule has 2 N–H and O–H groups in total. The third-order valence-electron chi connectivity index (χ3n) is 3.18. The van der Waals surface area contributed by atoms with E-state index in [1.165, 1.54) is 11.8 Å². The van der Waals surface area contributed by atoms with E-state index in [4.69, 9.17) is 4.74 Å². The van der Waals surface area contributed by atoms with Crippen molar-refractivity contribution in [3.63, 3.8) is 0 Å². The van der Waals surface area contributed by atoms with Crippen LogP contribution in [0.4, 0.5) is 5.69 Å². The Morgan fingerprint density at radius 2 is 2.13 bits per heavy atom. The van der Waals surface area contributed by atoms with Crippen molar-refractivity contribution in [2.75, 3.05) is 12.4 Å². The molecule has 1 aromatic carbocycles. The fourth-order valence-corrected chi connectivity index (χ4v) is 2.83. The molecule has 1 heterocycles. The van der Waals surface area contributed by atoms with Crippen molar-refractivity contribution < 1.29 is 9.53 Å². The number of ether oxygens (including phenoxy) is 1. The molecule has 0 saturated carbocycles. The Hall–Kier alpha value is -2.22. The molecule has 1 atom stereocenters. The highest BCUT2D eigenvalue weighted by atomic mass is 32.2. The molecule has 0 bridgehead atoms. The first-order chi connectivity index (χ1) is 11.0. The van der Waals surface area contributed by atoms with Crippen molar-refractivity contribution in [3.8, 4) is 5.75 Å². The molecule has 0 radical (unpaired) electrons. The Labute approximate surface area is 138 Å². The third-order valence-corrected chi connectivity index (χ3v) is 4.27. The second-order valence-corrected chi connectivity index (χ2v) is 6.25. The van der Waals surface area contributed by atoms with E-state index < -0.39 is 0 Å². The highest BCUT2D eigenvalue weighted by Crippen LogP contribution is 2.22. The van der Waals surface area contributed by atoms with Gasteiger partial charge in [0.1, 0.15) is 5.75 Å². The van der Waals surface area contributed by atoms with Gasteiger partial charge in [-0.05, 0) is 37.6 Å². The highest BCUT2D eigenvalue weighted by molar-refractivity contribution is 8.00. The van der Waals surface area contributed by atoms with Crippen LogP contribution in [0.5, 0.6) is 5.75 Å². The Kier molecular flexibility index (Phi) is 5.86. The zero-order valence-corrected chi connectivity index (χ0v) is 14.1. The molecule has 0 aliphatic rings. The van der Waals surface area contributed by atoms with Gasteiger partial charge in [0.25, 0.3) is 0 Å². The number of benzene rings is 1. The Morgan fingerprint density at radius 3 is 2.74 bits per heavy atom. The highest BCUT2D eigenvalue weighted by Gasteiger charge is 2.19. The number of anilines is 1. The second kappa shape index (κ2) is 7.87. The first-order valence-electron chi connectivity index (χ1n) is 7.32. The lowest BCUT2D eigenvalue weighted by molar-refractivity contribution is -0.115. The minimum Gasteiger partial charge on any atom is -0.497 e. The number of hydrogen-bond acceptors (Lipinski definition) is 5. The van der Waals surface area contributed by atoms with Crippen molar-refractivity contribution in [1.29, 1.82) is 0 Å². The number of aromatic amines is 1. The summed E-state index contributed by atoms with van der Waals surface area (Å²) in [6.07, 6.45) is 0.819. The van der Waals surface area contributed by atoms with Gasteiger partial charge in [-0.25, -0.2) is 9.89 Å². The van der Waals surface area contributed by atoms with Crippen LogP contribution in [0.1, 0.15) is 20.3 Å². The third kappa shape index (κ3) is 4.38. The van der Waals surface area contributed by atoms with Gasteiger partial charge in [0.2, 0.25) is 5.91 Å². The summed E-state index contributed by atoms with van der Waals surface area (Å²) in [6.45, 7) is 4.33. The van der Waals surface area contributed by atoms with Gasteiger partial charge < -0.3 is 10.1 Å². The lowest BCUT2D eigenvalue weighted by atomic mass is 10.3. The molecule has 124 valence electrons. The Bertz CT molecular complexity index is 708. The average Bonchev–Trinajstić information content (AvgIpc) is 2.89. The number of nitrogens with zero attached hydrogens (tertiary/aromatic N) is 2. The van der Waals surface area contributed by atoms with Gasteiger partial charge in [-0.3, -0.25) is 9.36 Å². The molecule has 1 amide bonds. The molecule has 0 fully saturated rings. The maximum atomic E-state index is 12.3. The van der Waals surface area contributed by atoms with E-state index in [9.17, 15) is 9.59 Å². The van der Waals surface area contributed by atoms with E-state index in [1.54, 1.807) is 42.9 Å². The van der Waals surface area contributed by atoms with E-state index in [-0.39, 0.29) is 16.8 Å². The summed E-state index contributed by atoms with van der Waals surface area (Å²) in [4.78, 5) is 23.9. The summed E-state index contributed by atoms with van der Waals surface area (Å²) >= 11 is 1.25. The summed E-state index contributed by atoms with van der Waals surface area (Å²) in [5, 5.41) is 9.37. The van der Waals surface area contributed by atoms with Crippen LogP contribution in [0.2, 0.25) is 0 Å². The number of carbonyl (C=O) groups is 1. The lowest BCUT2D eigenvalue weighted by Crippen LogP contribution is -2.24. The average molecular weight is 336 g/mol. The first kappa shape index (κ1) is 17.1. The maximum absolute atomic E-state index is 12.3. The van der Waals surface area contributed by atoms with Gasteiger partial charge in [0.05, 0.1) is 12.4 Å². The van der Waals surface area contributed by atoms with Gasteiger partial charge in [-0.15, -0.1) is 5.10 Å². The van der Waals surface area contributed by atoms with E-state index in [2.05, 4.69) is 15.5 Å². The van der Waals surface area contributed by atoms with Gasteiger partial charge in [-0.2, -0.15) is 0 Å². The number of H-pyrrole nitrogens is 1. The summed E-state index contributed by atoms with van der Waals surface area (Å²) in [6, 6.07) is 7.10. The molecule has 0 aliphatic heterocycles. The van der Waals surface area contributed by atoms with Crippen molar-refractivity contribution in [2.45, 2.75) is 37.2 Å². The fourth-order valence-electron chi connectivity index (χ4n) is 1.94. The molecule has 2 aromatic rings.